The number of methoxy groups -OCH3 is 2. The minimum Gasteiger partial charge on any atom is -0.496 e. The van der Waals surface area contributed by atoms with Crippen LogP contribution in [0.4, 0.5) is 0 Å². The molecule has 1 aromatic carbocycles. The molecule has 0 N–H and O–H groups in total. The topological polar surface area (TPSA) is 35.5 Å². The molecule has 1 fully saturated rings. The molecule has 2 rings (SSSR count). The minimum absolute atomic E-state index is 0.0946. The smallest absolute Gasteiger partial charge is 0.312 e. The number of aryl methyl sites for hydroxylation is 2. The first kappa shape index (κ1) is 12.9. The third-order valence-electron chi connectivity index (χ3n) is 3.90. The van der Waals surface area contributed by atoms with E-state index in [0.717, 1.165) is 24.2 Å². The summed E-state index contributed by atoms with van der Waals surface area (Å²) in [6, 6.07) is 4.16. The summed E-state index contributed by atoms with van der Waals surface area (Å²) in [7, 11) is 3.13. The summed E-state index contributed by atoms with van der Waals surface area (Å²) >= 11 is 0. The Morgan fingerprint density at radius 2 is 1.83 bits per heavy atom. The lowest BCUT2D eigenvalue weighted by atomic mass is 9.93. The normalized spacial score (nSPS) is 16.2. The van der Waals surface area contributed by atoms with E-state index in [1.54, 1.807) is 7.11 Å². The van der Waals surface area contributed by atoms with E-state index in [-0.39, 0.29) is 11.4 Å². The van der Waals surface area contributed by atoms with E-state index in [0.29, 0.717) is 6.42 Å². The Balaban J connectivity index is 2.29. The molecule has 0 aromatic heterocycles. The lowest BCUT2D eigenvalue weighted by Gasteiger charge is -2.16. The molecule has 0 radical (unpaired) electrons. The van der Waals surface area contributed by atoms with E-state index in [2.05, 4.69) is 19.9 Å². The van der Waals surface area contributed by atoms with Crippen LogP contribution in [-0.2, 0) is 16.0 Å². The van der Waals surface area contributed by atoms with Crippen molar-refractivity contribution in [3.8, 4) is 5.75 Å². The van der Waals surface area contributed by atoms with E-state index >= 15 is 0 Å². The summed E-state index contributed by atoms with van der Waals surface area (Å²) in [5.74, 6) is 0.774. The number of rotatable bonds is 4. The first-order chi connectivity index (χ1) is 8.52. The van der Waals surface area contributed by atoms with E-state index in [9.17, 15) is 4.79 Å². The van der Waals surface area contributed by atoms with Crippen LogP contribution in [0.15, 0.2) is 12.1 Å². The molecule has 1 aliphatic rings. The predicted molar refractivity (Wildman–Crippen MR) is 69.9 cm³/mol. The summed E-state index contributed by atoms with van der Waals surface area (Å²) in [6.07, 6.45) is 2.54. The van der Waals surface area contributed by atoms with Gasteiger partial charge in [-0.15, -0.1) is 0 Å². The van der Waals surface area contributed by atoms with Crippen LogP contribution in [-0.4, -0.2) is 20.2 Å². The second-order valence-corrected chi connectivity index (χ2v) is 5.20. The van der Waals surface area contributed by atoms with Crippen LogP contribution in [0.25, 0.3) is 0 Å². The van der Waals surface area contributed by atoms with Crippen molar-refractivity contribution < 1.29 is 14.3 Å². The van der Waals surface area contributed by atoms with Gasteiger partial charge in [-0.05, 0) is 55.9 Å². The Morgan fingerprint density at radius 1 is 1.22 bits per heavy atom. The van der Waals surface area contributed by atoms with Crippen molar-refractivity contribution in [3.05, 3.63) is 28.8 Å². The lowest BCUT2D eigenvalue weighted by Crippen LogP contribution is -2.20. The lowest BCUT2D eigenvalue weighted by molar-refractivity contribution is -0.147. The van der Waals surface area contributed by atoms with Crippen LogP contribution in [0.1, 0.15) is 29.5 Å². The maximum Gasteiger partial charge on any atom is 0.312 e. The number of hydrogen-bond acceptors (Lipinski definition) is 3. The molecule has 1 aliphatic carbocycles. The number of carbonyl (C=O) groups is 1. The minimum atomic E-state index is -0.302. The fraction of sp³-hybridized carbons (Fsp3) is 0.533. The average molecular weight is 248 g/mol. The van der Waals surface area contributed by atoms with E-state index in [4.69, 9.17) is 9.47 Å². The van der Waals surface area contributed by atoms with Crippen molar-refractivity contribution in [3.63, 3.8) is 0 Å². The summed E-state index contributed by atoms with van der Waals surface area (Å²) in [5.41, 5.74) is 3.23. The molecule has 3 nitrogen and oxygen atoms in total. The van der Waals surface area contributed by atoms with Gasteiger partial charge in [-0.1, -0.05) is 6.07 Å². The summed E-state index contributed by atoms with van der Waals surface area (Å²) in [4.78, 5) is 11.8. The highest BCUT2D eigenvalue weighted by Crippen LogP contribution is 2.50. The number of esters is 1. The third-order valence-corrected chi connectivity index (χ3v) is 3.90. The molecule has 18 heavy (non-hydrogen) atoms. The van der Waals surface area contributed by atoms with Crippen molar-refractivity contribution >= 4 is 5.97 Å². The van der Waals surface area contributed by atoms with Crippen LogP contribution in [0.5, 0.6) is 5.75 Å². The highest BCUT2D eigenvalue weighted by Gasteiger charge is 2.51. The molecular weight excluding hydrogens is 228 g/mol. The molecule has 0 bridgehead atoms. The monoisotopic (exact) mass is 248 g/mol. The van der Waals surface area contributed by atoms with Gasteiger partial charge in [-0.25, -0.2) is 0 Å². The van der Waals surface area contributed by atoms with Crippen LogP contribution in [0.3, 0.4) is 0 Å². The quantitative estimate of drug-likeness (QED) is 0.769. The number of hydrogen-bond donors (Lipinski definition) is 0. The molecule has 0 unspecified atom stereocenters. The highest BCUT2D eigenvalue weighted by molar-refractivity contribution is 5.80. The van der Waals surface area contributed by atoms with Gasteiger partial charge < -0.3 is 9.47 Å². The van der Waals surface area contributed by atoms with Crippen LogP contribution >= 0.6 is 0 Å². The van der Waals surface area contributed by atoms with Crippen LogP contribution in [0.2, 0.25) is 0 Å². The molecule has 98 valence electrons. The Bertz CT molecular complexity index is 473. The standard InChI is InChI=1S/C15H20O3/c1-10-7-12(13(17-3)8-11(10)2)9-15(5-6-15)14(16)18-4/h7-8H,5-6,9H2,1-4H3. The van der Waals surface area contributed by atoms with Gasteiger partial charge in [-0.3, -0.25) is 4.79 Å². The summed E-state index contributed by atoms with van der Waals surface area (Å²) in [6.45, 7) is 4.14. The Labute approximate surface area is 108 Å². The van der Waals surface area contributed by atoms with Crippen molar-refractivity contribution in [1.82, 2.24) is 0 Å². The van der Waals surface area contributed by atoms with Crippen LogP contribution < -0.4 is 4.74 Å². The van der Waals surface area contributed by atoms with Gasteiger partial charge in [0.15, 0.2) is 0 Å². The summed E-state index contributed by atoms with van der Waals surface area (Å²) < 4.78 is 10.3. The molecule has 0 atom stereocenters. The molecule has 1 saturated carbocycles. The van der Waals surface area contributed by atoms with Gasteiger partial charge >= 0.3 is 5.97 Å². The predicted octanol–water partition coefficient (Wildman–Crippen LogP) is 2.81. The van der Waals surface area contributed by atoms with Gasteiger partial charge in [0.2, 0.25) is 0 Å². The molecule has 0 amide bonds. The average Bonchev–Trinajstić information content (AvgIpc) is 3.13. The summed E-state index contributed by atoms with van der Waals surface area (Å²) in [5, 5.41) is 0. The molecule has 0 aliphatic heterocycles. The van der Waals surface area contributed by atoms with Crippen molar-refractivity contribution in [2.45, 2.75) is 33.1 Å². The maximum atomic E-state index is 11.8. The number of carbonyl (C=O) groups excluding carboxylic acids is 1. The van der Waals surface area contributed by atoms with E-state index < -0.39 is 0 Å². The fourth-order valence-electron chi connectivity index (χ4n) is 2.36. The molecule has 0 heterocycles. The van der Waals surface area contributed by atoms with Crippen molar-refractivity contribution in [1.29, 1.82) is 0 Å². The molecule has 0 saturated heterocycles. The van der Waals surface area contributed by atoms with E-state index in [1.807, 2.05) is 6.07 Å². The van der Waals surface area contributed by atoms with Crippen LogP contribution in [0, 0.1) is 19.3 Å². The molecule has 0 spiro atoms. The molecule has 1 aromatic rings. The second-order valence-electron chi connectivity index (χ2n) is 5.20. The van der Waals surface area contributed by atoms with E-state index in [1.165, 1.54) is 18.2 Å². The zero-order valence-corrected chi connectivity index (χ0v) is 11.5. The van der Waals surface area contributed by atoms with Gasteiger partial charge in [-0.2, -0.15) is 0 Å². The van der Waals surface area contributed by atoms with Gasteiger partial charge in [0.1, 0.15) is 5.75 Å². The van der Waals surface area contributed by atoms with Gasteiger partial charge in [0.25, 0.3) is 0 Å². The van der Waals surface area contributed by atoms with Gasteiger partial charge in [0, 0.05) is 0 Å². The zero-order chi connectivity index (χ0) is 13.3. The largest absolute Gasteiger partial charge is 0.496 e. The molecule has 3 heteroatoms. The van der Waals surface area contributed by atoms with Crippen molar-refractivity contribution in [2.75, 3.05) is 14.2 Å². The fourth-order valence-corrected chi connectivity index (χ4v) is 2.36. The first-order valence-corrected chi connectivity index (χ1v) is 6.25. The van der Waals surface area contributed by atoms with Gasteiger partial charge in [0.05, 0.1) is 19.6 Å². The molecular formula is C15H20O3. The Morgan fingerprint density at radius 3 is 2.33 bits per heavy atom. The zero-order valence-electron chi connectivity index (χ0n) is 11.5. The third kappa shape index (κ3) is 2.22. The Kier molecular flexibility index (Phi) is 3.33. The van der Waals surface area contributed by atoms with Crippen molar-refractivity contribution in [2.24, 2.45) is 5.41 Å². The highest BCUT2D eigenvalue weighted by atomic mass is 16.5. The SMILES string of the molecule is COC(=O)C1(Cc2cc(C)c(C)cc2OC)CC1. The maximum absolute atomic E-state index is 11.8. The first-order valence-electron chi connectivity index (χ1n) is 6.25. The Hall–Kier alpha value is -1.51. The second kappa shape index (κ2) is 4.63. The number of benzene rings is 1. The number of ether oxygens (including phenoxy) is 2.